The molecule has 1 atom stereocenters. The maximum Gasteiger partial charge on any atom is 0.0963 e. The second kappa shape index (κ2) is 6.57. The number of aromatic nitrogens is 1. The Kier molecular flexibility index (Phi) is 4.79. The molecule has 0 aliphatic carbocycles. The highest BCUT2D eigenvalue weighted by molar-refractivity contribution is 7.98. The average molecular weight is 259 g/mol. The molecular weight excluding hydrogens is 242 g/mol. The van der Waals surface area contributed by atoms with Crippen LogP contribution in [-0.4, -0.2) is 10.1 Å². The molecule has 1 heterocycles. The van der Waals surface area contributed by atoms with E-state index in [1.165, 1.54) is 5.56 Å². The zero-order valence-electron chi connectivity index (χ0n) is 10.4. The van der Waals surface area contributed by atoms with Crippen molar-refractivity contribution >= 4 is 11.8 Å². The molecule has 0 aliphatic heterocycles. The van der Waals surface area contributed by atoms with Gasteiger partial charge in [0.2, 0.25) is 0 Å². The summed E-state index contributed by atoms with van der Waals surface area (Å²) >= 11 is 1.71. The number of rotatable bonds is 5. The standard InChI is InChI=1S/C15H17NOS/c1-2-14(17)13-8-9-15(16-10-13)18-11-12-6-4-3-5-7-12/h3-10,14,17H,2,11H2,1H3/t14-/m0/s1. The molecule has 0 unspecified atom stereocenters. The first-order chi connectivity index (χ1) is 8.79. The van der Waals surface area contributed by atoms with Crippen molar-refractivity contribution in [3.8, 4) is 0 Å². The zero-order chi connectivity index (χ0) is 12.8. The Morgan fingerprint density at radius 2 is 1.94 bits per heavy atom. The Morgan fingerprint density at radius 1 is 1.17 bits per heavy atom. The predicted molar refractivity (Wildman–Crippen MR) is 75.5 cm³/mol. The van der Waals surface area contributed by atoms with Gasteiger partial charge in [0.15, 0.2) is 0 Å². The van der Waals surface area contributed by atoms with Crippen molar-refractivity contribution in [3.63, 3.8) is 0 Å². The second-order valence-corrected chi connectivity index (χ2v) is 5.12. The molecule has 94 valence electrons. The van der Waals surface area contributed by atoms with Gasteiger partial charge in [0, 0.05) is 11.9 Å². The fourth-order valence-corrected chi connectivity index (χ4v) is 2.44. The van der Waals surface area contributed by atoms with Crippen LogP contribution < -0.4 is 0 Å². The highest BCUT2D eigenvalue weighted by Crippen LogP contribution is 2.22. The molecule has 0 saturated heterocycles. The summed E-state index contributed by atoms with van der Waals surface area (Å²) in [6, 6.07) is 14.3. The van der Waals surface area contributed by atoms with Crippen molar-refractivity contribution < 1.29 is 5.11 Å². The first-order valence-corrected chi connectivity index (χ1v) is 7.09. The third kappa shape index (κ3) is 3.59. The average Bonchev–Trinajstić information content (AvgIpc) is 2.46. The molecule has 3 heteroatoms. The van der Waals surface area contributed by atoms with Gasteiger partial charge in [0.1, 0.15) is 0 Å². The lowest BCUT2D eigenvalue weighted by Gasteiger charge is -2.08. The molecule has 2 aromatic rings. The summed E-state index contributed by atoms with van der Waals surface area (Å²) in [6.07, 6.45) is 2.09. The first-order valence-electron chi connectivity index (χ1n) is 6.10. The van der Waals surface area contributed by atoms with Gasteiger partial charge in [-0.15, -0.1) is 11.8 Å². The van der Waals surface area contributed by atoms with Crippen LogP contribution in [-0.2, 0) is 5.75 Å². The number of aliphatic hydroxyl groups excluding tert-OH is 1. The third-order valence-electron chi connectivity index (χ3n) is 2.76. The molecule has 0 fully saturated rings. The van der Waals surface area contributed by atoms with Crippen LogP contribution in [0.4, 0.5) is 0 Å². The van der Waals surface area contributed by atoms with Crippen LogP contribution in [0, 0.1) is 0 Å². The molecule has 2 rings (SSSR count). The monoisotopic (exact) mass is 259 g/mol. The maximum atomic E-state index is 9.68. The topological polar surface area (TPSA) is 33.1 Å². The van der Waals surface area contributed by atoms with E-state index in [1.807, 2.05) is 37.3 Å². The summed E-state index contributed by atoms with van der Waals surface area (Å²) < 4.78 is 0. The van der Waals surface area contributed by atoms with E-state index in [9.17, 15) is 5.11 Å². The molecule has 1 N–H and O–H groups in total. The van der Waals surface area contributed by atoms with Crippen LogP contribution in [0.2, 0.25) is 0 Å². The zero-order valence-corrected chi connectivity index (χ0v) is 11.2. The van der Waals surface area contributed by atoms with Gasteiger partial charge < -0.3 is 5.11 Å². The minimum absolute atomic E-state index is 0.398. The van der Waals surface area contributed by atoms with Crippen LogP contribution in [0.15, 0.2) is 53.7 Å². The van der Waals surface area contributed by atoms with E-state index < -0.39 is 6.10 Å². The highest BCUT2D eigenvalue weighted by Gasteiger charge is 2.05. The summed E-state index contributed by atoms with van der Waals surface area (Å²) in [7, 11) is 0. The molecule has 0 amide bonds. The number of thioether (sulfide) groups is 1. The van der Waals surface area contributed by atoms with Gasteiger partial charge in [0.05, 0.1) is 11.1 Å². The molecule has 0 saturated carbocycles. The molecule has 0 radical (unpaired) electrons. The van der Waals surface area contributed by atoms with Crippen molar-refractivity contribution in [2.75, 3.05) is 0 Å². The predicted octanol–water partition coefficient (Wildman–Crippen LogP) is 3.82. The maximum absolute atomic E-state index is 9.68. The quantitative estimate of drug-likeness (QED) is 0.829. The van der Waals surface area contributed by atoms with Crippen LogP contribution in [0.3, 0.4) is 0 Å². The van der Waals surface area contributed by atoms with Gasteiger partial charge in [-0.3, -0.25) is 0 Å². The largest absolute Gasteiger partial charge is 0.388 e. The molecule has 18 heavy (non-hydrogen) atoms. The fraction of sp³-hybridized carbons (Fsp3) is 0.267. The number of hydrogen-bond acceptors (Lipinski definition) is 3. The number of hydrogen-bond donors (Lipinski definition) is 1. The molecule has 0 bridgehead atoms. The first kappa shape index (κ1) is 13.1. The lowest BCUT2D eigenvalue weighted by atomic mass is 10.1. The van der Waals surface area contributed by atoms with E-state index in [0.29, 0.717) is 0 Å². The van der Waals surface area contributed by atoms with E-state index >= 15 is 0 Å². The van der Waals surface area contributed by atoms with Crippen molar-refractivity contribution in [1.82, 2.24) is 4.98 Å². The minimum Gasteiger partial charge on any atom is -0.388 e. The summed E-state index contributed by atoms with van der Waals surface area (Å²) in [5, 5.41) is 10.7. The van der Waals surface area contributed by atoms with Crippen LogP contribution in [0.5, 0.6) is 0 Å². The molecule has 2 nitrogen and oxygen atoms in total. The van der Waals surface area contributed by atoms with Crippen LogP contribution in [0.1, 0.15) is 30.6 Å². The summed E-state index contributed by atoms with van der Waals surface area (Å²) in [5.74, 6) is 0.920. The summed E-state index contributed by atoms with van der Waals surface area (Å²) in [6.45, 7) is 1.96. The minimum atomic E-state index is -0.398. The molecule has 1 aromatic carbocycles. The van der Waals surface area contributed by atoms with Crippen LogP contribution >= 0.6 is 11.8 Å². The Labute approximate surface area is 112 Å². The number of aliphatic hydroxyl groups is 1. The van der Waals surface area contributed by atoms with Gasteiger partial charge in [-0.05, 0) is 23.6 Å². The SMILES string of the molecule is CC[C@H](O)c1ccc(SCc2ccccc2)nc1. The van der Waals surface area contributed by atoms with E-state index in [4.69, 9.17) is 0 Å². The Morgan fingerprint density at radius 3 is 2.56 bits per heavy atom. The lowest BCUT2D eigenvalue weighted by Crippen LogP contribution is -1.95. The highest BCUT2D eigenvalue weighted by atomic mass is 32.2. The lowest BCUT2D eigenvalue weighted by molar-refractivity contribution is 0.173. The van der Waals surface area contributed by atoms with E-state index in [-0.39, 0.29) is 0 Å². The summed E-state index contributed by atoms with van der Waals surface area (Å²) in [4.78, 5) is 4.37. The van der Waals surface area contributed by atoms with E-state index in [1.54, 1.807) is 18.0 Å². The third-order valence-corrected chi connectivity index (χ3v) is 3.78. The Bertz CT molecular complexity index is 470. The van der Waals surface area contributed by atoms with Gasteiger partial charge in [-0.25, -0.2) is 4.98 Å². The molecule has 0 spiro atoms. The van der Waals surface area contributed by atoms with Crippen LogP contribution in [0.25, 0.3) is 0 Å². The van der Waals surface area contributed by atoms with Gasteiger partial charge in [-0.2, -0.15) is 0 Å². The van der Waals surface area contributed by atoms with Crippen molar-refractivity contribution in [1.29, 1.82) is 0 Å². The van der Waals surface area contributed by atoms with Crippen molar-refractivity contribution in [2.24, 2.45) is 0 Å². The van der Waals surface area contributed by atoms with E-state index in [2.05, 4.69) is 17.1 Å². The van der Waals surface area contributed by atoms with E-state index in [0.717, 1.165) is 22.8 Å². The number of benzene rings is 1. The number of pyridine rings is 1. The smallest absolute Gasteiger partial charge is 0.0963 e. The van der Waals surface area contributed by atoms with Crippen molar-refractivity contribution in [3.05, 3.63) is 59.8 Å². The van der Waals surface area contributed by atoms with Gasteiger partial charge >= 0.3 is 0 Å². The summed E-state index contributed by atoms with van der Waals surface area (Å²) in [5.41, 5.74) is 2.18. The fourth-order valence-electron chi connectivity index (χ4n) is 1.64. The normalized spacial score (nSPS) is 12.3. The van der Waals surface area contributed by atoms with Gasteiger partial charge in [-0.1, -0.05) is 43.3 Å². The Hall–Kier alpha value is -1.32. The Balaban J connectivity index is 1.94. The molecule has 1 aromatic heterocycles. The number of nitrogens with zero attached hydrogens (tertiary/aromatic N) is 1. The molecular formula is C15H17NOS. The second-order valence-electron chi connectivity index (χ2n) is 4.13. The van der Waals surface area contributed by atoms with Gasteiger partial charge in [0.25, 0.3) is 0 Å². The molecule has 0 aliphatic rings. The van der Waals surface area contributed by atoms with Crippen molar-refractivity contribution in [2.45, 2.75) is 30.2 Å².